The van der Waals surface area contributed by atoms with E-state index in [2.05, 4.69) is 26.1 Å². The fourth-order valence-corrected chi connectivity index (χ4v) is 2.76. The maximum absolute atomic E-state index is 12.1. The summed E-state index contributed by atoms with van der Waals surface area (Å²) >= 11 is 4.99. The number of hydrogen-bond acceptors (Lipinski definition) is 4. The Morgan fingerprint density at radius 1 is 1.67 bits per heavy atom. The summed E-state index contributed by atoms with van der Waals surface area (Å²) in [6.45, 7) is 2.32. The smallest absolute Gasteiger partial charge is 0.276 e. The Hall–Kier alpha value is -1.34. The van der Waals surface area contributed by atoms with E-state index in [0.717, 1.165) is 9.35 Å². The molecule has 0 saturated heterocycles. The zero-order valence-electron chi connectivity index (χ0n) is 10.0. The predicted octanol–water partition coefficient (Wildman–Crippen LogP) is 2.40. The van der Waals surface area contributed by atoms with Crippen LogP contribution < -0.4 is 5.73 Å². The molecular formula is C11H13BrN4OS. The first-order valence-electron chi connectivity index (χ1n) is 5.28. The first kappa shape index (κ1) is 13.1. The summed E-state index contributed by atoms with van der Waals surface area (Å²) in [6.07, 6.45) is 0. The van der Waals surface area contributed by atoms with Gasteiger partial charge in [-0.05, 0) is 39.9 Å². The van der Waals surface area contributed by atoms with Crippen molar-refractivity contribution in [2.24, 2.45) is 0 Å². The maximum atomic E-state index is 12.1. The fourth-order valence-electron chi connectivity index (χ4n) is 1.56. The van der Waals surface area contributed by atoms with Gasteiger partial charge in [0, 0.05) is 13.6 Å². The van der Waals surface area contributed by atoms with Crippen LogP contribution in [0, 0.1) is 6.92 Å². The van der Waals surface area contributed by atoms with Gasteiger partial charge in [0.25, 0.3) is 5.91 Å². The lowest BCUT2D eigenvalue weighted by Crippen LogP contribution is -2.27. The van der Waals surface area contributed by atoms with Crippen LogP contribution in [0.15, 0.2) is 15.2 Å². The van der Waals surface area contributed by atoms with Crippen LogP contribution in [0.2, 0.25) is 0 Å². The summed E-state index contributed by atoms with van der Waals surface area (Å²) in [4.78, 5) is 13.7. The van der Waals surface area contributed by atoms with Crippen LogP contribution in [-0.2, 0) is 6.54 Å². The number of carbonyl (C=O) groups excluding carboxylic acids is 1. The topological polar surface area (TPSA) is 75.0 Å². The summed E-state index contributed by atoms with van der Waals surface area (Å²) in [5.41, 5.74) is 8.28. The van der Waals surface area contributed by atoms with Crippen molar-refractivity contribution in [1.82, 2.24) is 15.1 Å². The number of H-pyrrole nitrogens is 1. The number of aryl methyl sites for hydroxylation is 1. The third-order valence-corrected chi connectivity index (χ3v) is 4.14. The molecule has 0 saturated carbocycles. The quantitative estimate of drug-likeness (QED) is 0.908. The first-order valence-corrected chi connectivity index (χ1v) is 6.95. The van der Waals surface area contributed by atoms with Crippen LogP contribution in [0.1, 0.15) is 21.7 Å². The molecule has 5 nitrogen and oxygen atoms in total. The predicted molar refractivity (Wildman–Crippen MR) is 75.6 cm³/mol. The van der Waals surface area contributed by atoms with E-state index < -0.39 is 0 Å². The lowest BCUT2D eigenvalue weighted by molar-refractivity contribution is 0.0780. The van der Waals surface area contributed by atoms with Crippen LogP contribution in [0.5, 0.6) is 0 Å². The van der Waals surface area contributed by atoms with Crippen LogP contribution in [0.4, 0.5) is 5.69 Å². The van der Waals surface area contributed by atoms with E-state index in [1.165, 1.54) is 0 Å². The van der Waals surface area contributed by atoms with Crippen molar-refractivity contribution in [3.8, 4) is 0 Å². The monoisotopic (exact) mass is 328 g/mol. The van der Waals surface area contributed by atoms with E-state index in [4.69, 9.17) is 5.73 Å². The van der Waals surface area contributed by atoms with Gasteiger partial charge < -0.3 is 10.6 Å². The van der Waals surface area contributed by atoms with Crippen molar-refractivity contribution in [2.75, 3.05) is 12.8 Å². The molecule has 0 unspecified atom stereocenters. The second-order valence-corrected chi connectivity index (χ2v) is 6.32. The van der Waals surface area contributed by atoms with Crippen molar-refractivity contribution in [3.63, 3.8) is 0 Å². The van der Waals surface area contributed by atoms with E-state index in [0.29, 0.717) is 17.9 Å². The second-order valence-electron chi connectivity index (χ2n) is 4.03. The van der Waals surface area contributed by atoms with Gasteiger partial charge in [-0.1, -0.05) is 0 Å². The van der Waals surface area contributed by atoms with E-state index in [1.807, 2.05) is 11.4 Å². The minimum Gasteiger partial charge on any atom is -0.395 e. The van der Waals surface area contributed by atoms with Crippen molar-refractivity contribution in [3.05, 3.63) is 32.2 Å². The molecule has 2 rings (SSSR count). The van der Waals surface area contributed by atoms with E-state index in [9.17, 15) is 4.79 Å². The van der Waals surface area contributed by atoms with Gasteiger partial charge in [-0.25, -0.2) is 0 Å². The lowest BCUT2D eigenvalue weighted by atomic mass is 10.2. The summed E-state index contributed by atoms with van der Waals surface area (Å²) in [5.74, 6) is -0.181. The van der Waals surface area contributed by atoms with Gasteiger partial charge in [0.15, 0.2) is 5.69 Å². The maximum Gasteiger partial charge on any atom is 0.276 e. The molecule has 2 aromatic rings. The Balaban J connectivity index is 2.12. The lowest BCUT2D eigenvalue weighted by Gasteiger charge is -2.15. The van der Waals surface area contributed by atoms with Gasteiger partial charge >= 0.3 is 0 Å². The first-order chi connectivity index (χ1) is 8.49. The fraction of sp³-hybridized carbons (Fsp3) is 0.273. The standard InChI is InChI=1S/C11H13BrN4OS/c1-6-9(13)10(15-14-6)11(17)16(2)4-7-3-8(12)18-5-7/h3,5H,4,13H2,1-2H3,(H,14,15). The van der Waals surface area contributed by atoms with Crippen LogP contribution in [0.25, 0.3) is 0 Å². The molecule has 0 aliphatic heterocycles. The summed E-state index contributed by atoms with van der Waals surface area (Å²) in [6, 6.07) is 1.99. The molecule has 0 aliphatic carbocycles. The summed E-state index contributed by atoms with van der Waals surface area (Å²) < 4.78 is 1.05. The molecule has 0 atom stereocenters. The number of thiophene rings is 1. The molecule has 0 aromatic carbocycles. The van der Waals surface area contributed by atoms with Crippen molar-refractivity contribution < 1.29 is 4.79 Å². The van der Waals surface area contributed by atoms with Gasteiger partial charge in [0.1, 0.15) is 0 Å². The zero-order valence-corrected chi connectivity index (χ0v) is 12.4. The number of aromatic amines is 1. The minimum atomic E-state index is -0.181. The van der Waals surface area contributed by atoms with E-state index in [-0.39, 0.29) is 11.6 Å². The average molecular weight is 329 g/mol. The minimum absolute atomic E-state index is 0.181. The van der Waals surface area contributed by atoms with E-state index >= 15 is 0 Å². The third-order valence-electron chi connectivity index (χ3n) is 2.59. The molecule has 2 aromatic heterocycles. The van der Waals surface area contributed by atoms with Gasteiger partial charge in [-0.15, -0.1) is 11.3 Å². The molecule has 7 heteroatoms. The number of nitrogens with two attached hydrogens (primary N) is 1. The molecule has 0 radical (unpaired) electrons. The highest BCUT2D eigenvalue weighted by atomic mass is 79.9. The van der Waals surface area contributed by atoms with Crippen LogP contribution >= 0.6 is 27.3 Å². The number of rotatable bonds is 3. The molecule has 0 fully saturated rings. The molecule has 1 amide bonds. The van der Waals surface area contributed by atoms with E-state index in [1.54, 1.807) is 30.2 Å². The van der Waals surface area contributed by atoms with Crippen molar-refractivity contribution in [1.29, 1.82) is 0 Å². The molecule has 18 heavy (non-hydrogen) atoms. The number of nitrogens with zero attached hydrogens (tertiary/aromatic N) is 2. The van der Waals surface area contributed by atoms with Crippen molar-refractivity contribution in [2.45, 2.75) is 13.5 Å². The number of nitrogens with one attached hydrogen (secondary N) is 1. The van der Waals surface area contributed by atoms with Gasteiger partial charge in [0.2, 0.25) is 0 Å². The largest absolute Gasteiger partial charge is 0.395 e. The highest BCUT2D eigenvalue weighted by Crippen LogP contribution is 2.22. The number of hydrogen-bond donors (Lipinski definition) is 2. The summed E-state index contributed by atoms with van der Waals surface area (Å²) in [5, 5.41) is 8.65. The number of nitrogen functional groups attached to an aromatic ring is 1. The normalized spacial score (nSPS) is 10.6. The van der Waals surface area contributed by atoms with Gasteiger partial charge in [0.05, 0.1) is 15.2 Å². The average Bonchev–Trinajstić information content (AvgIpc) is 2.87. The van der Waals surface area contributed by atoms with Crippen LogP contribution in [0.3, 0.4) is 0 Å². The Labute approximate surface area is 117 Å². The molecular weight excluding hydrogens is 316 g/mol. The third kappa shape index (κ3) is 2.56. The molecule has 2 heterocycles. The number of amides is 1. The number of anilines is 1. The number of carbonyl (C=O) groups is 1. The van der Waals surface area contributed by atoms with Crippen LogP contribution in [-0.4, -0.2) is 28.1 Å². The Kier molecular flexibility index (Phi) is 3.72. The molecule has 0 aliphatic rings. The molecule has 3 N–H and O–H groups in total. The van der Waals surface area contributed by atoms with Gasteiger partial charge in [-0.3, -0.25) is 9.89 Å². The number of aromatic nitrogens is 2. The highest BCUT2D eigenvalue weighted by molar-refractivity contribution is 9.11. The molecule has 96 valence electrons. The molecule has 0 bridgehead atoms. The SMILES string of the molecule is Cc1[nH]nc(C(=O)N(C)Cc2csc(Br)c2)c1N. The zero-order chi connectivity index (χ0) is 13.3. The Bertz CT molecular complexity index is 577. The Morgan fingerprint density at radius 2 is 2.39 bits per heavy atom. The Morgan fingerprint density at radius 3 is 2.89 bits per heavy atom. The molecule has 0 spiro atoms. The van der Waals surface area contributed by atoms with Gasteiger partial charge in [-0.2, -0.15) is 5.10 Å². The summed E-state index contributed by atoms with van der Waals surface area (Å²) in [7, 11) is 1.73. The number of halogens is 1. The van der Waals surface area contributed by atoms with Crippen molar-refractivity contribution >= 4 is 38.9 Å². The second kappa shape index (κ2) is 5.11. The highest BCUT2D eigenvalue weighted by Gasteiger charge is 2.19.